The third kappa shape index (κ3) is 2.85. The van der Waals surface area contributed by atoms with Crippen molar-refractivity contribution >= 4 is 5.95 Å². The molecule has 1 aliphatic rings. The first-order valence-electron chi connectivity index (χ1n) is 7.29. The van der Waals surface area contributed by atoms with Gasteiger partial charge in [0.2, 0.25) is 5.95 Å². The molecule has 8 heteroatoms. The molecule has 2 aromatic rings. The number of rotatable bonds is 2. The van der Waals surface area contributed by atoms with Crippen molar-refractivity contribution in [2.75, 3.05) is 11.4 Å². The Morgan fingerprint density at radius 2 is 1.87 bits per heavy atom. The van der Waals surface area contributed by atoms with Crippen LogP contribution in [0.4, 0.5) is 19.1 Å². The SMILES string of the molecule is Cc1cc(C(F)(F)F)nc(C2(C)CCCN2c2ncccn2)n1. The number of nitrogens with zero attached hydrogens (tertiary/aromatic N) is 5. The van der Waals surface area contributed by atoms with Gasteiger partial charge in [0.25, 0.3) is 0 Å². The molecule has 0 bridgehead atoms. The molecule has 1 unspecified atom stereocenters. The predicted molar refractivity (Wildman–Crippen MR) is 77.7 cm³/mol. The fraction of sp³-hybridized carbons (Fsp3) is 0.467. The Hall–Kier alpha value is -2.25. The zero-order valence-corrected chi connectivity index (χ0v) is 12.8. The topological polar surface area (TPSA) is 54.8 Å². The van der Waals surface area contributed by atoms with Crippen molar-refractivity contribution < 1.29 is 13.2 Å². The van der Waals surface area contributed by atoms with Crippen LogP contribution in [0.15, 0.2) is 24.5 Å². The molecule has 1 atom stereocenters. The normalized spacial score (nSPS) is 21.7. The monoisotopic (exact) mass is 323 g/mol. The zero-order chi connectivity index (χ0) is 16.7. The number of anilines is 1. The molecule has 3 heterocycles. The summed E-state index contributed by atoms with van der Waals surface area (Å²) in [5.74, 6) is 0.640. The highest BCUT2D eigenvalue weighted by molar-refractivity contribution is 5.39. The molecule has 3 rings (SSSR count). The highest BCUT2D eigenvalue weighted by Gasteiger charge is 2.44. The lowest BCUT2D eigenvalue weighted by Crippen LogP contribution is -2.41. The van der Waals surface area contributed by atoms with Crippen molar-refractivity contribution in [3.8, 4) is 0 Å². The highest BCUT2D eigenvalue weighted by Crippen LogP contribution is 2.39. The minimum Gasteiger partial charge on any atom is -0.328 e. The van der Waals surface area contributed by atoms with Gasteiger partial charge in [0, 0.05) is 24.6 Å². The number of aryl methyl sites for hydroxylation is 1. The van der Waals surface area contributed by atoms with Gasteiger partial charge in [-0.25, -0.2) is 19.9 Å². The molecule has 2 aromatic heterocycles. The van der Waals surface area contributed by atoms with Crippen LogP contribution in [0.25, 0.3) is 0 Å². The quantitative estimate of drug-likeness (QED) is 0.850. The molecule has 1 saturated heterocycles. The van der Waals surface area contributed by atoms with Gasteiger partial charge in [0.05, 0.1) is 0 Å². The summed E-state index contributed by atoms with van der Waals surface area (Å²) in [6.07, 6.45) is 0.184. The van der Waals surface area contributed by atoms with E-state index in [2.05, 4.69) is 19.9 Å². The van der Waals surface area contributed by atoms with Gasteiger partial charge in [0.15, 0.2) is 5.82 Å². The van der Waals surface area contributed by atoms with Crippen LogP contribution in [0.5, 0.6) is 0 Å². The zero-order valence-electron chi connectivity index (χ0n) is 12.8. The van der Waals surface area contributed by atoms with E-state index >= 15 is 0 Å². The molecular formula is C15H16F3N5. The Kier molecular flexibility index (Phi) is 3.69. The van der Waals surface area contributed by atoms with Crippen molar-refractivity contribution in [1.29, 1.82) is 0 Å². The van der Waals surface area contributed by atoms with E-state index in [4.69, 9.17) is 0 Å². The van der Waals surface area contributed by atoms with Crippen LogP contribution in [-0.2, 0) is 11.7 Å². The molecular weight excluding hydrogens is 307 g/mol. The summed E-state index contributed by atoms with van der Waals surface area (Å²) >= 11 is 0. The van der Waals surface area contributed by atoms with Gasteiger partial charge < -0.3 is 4.90 Å². The molecule has 23 heavy (non-hydrogen) atoms. The molecule has 0 spiro atoms. The van der Waals surface area contributed by atoms with Crippen molar-refractivity contribution in [2.45, 2.75) is 38.4 Å². The predicted octanol–water partition coefficient (Wildman–Crippen LogP) is 3.11. The van der Waals surface area contributed by atoms with Crippen molar-refractivity contribution in [3.63, 3.8) is 0 Å². The van der Waals surface area contributed by atoms with E-state index in [1.165, 1.54) is 0 Å². The Morgan fingerprint density at radius 3 is 2.52 bits per heavy atom. The Bertz CT molecular complexity index is 704. The molecule has 1 aliphatic heterocycles. The third-order valence-electron chi connectivity index (χ3n) is 4.06. The Morgan fingerprint density at radius 1 is 1.17 bits per heavy atom. The standard InChI is InChI=1S/C15H16F3N5/c1-10-9-11(15(16,17)18)22-12(21-10)14(2)5-3-8-23(14)13-19-6-4-7-20-13/h4,6-7,9H,3,5,8H2,1-2H3. The lowest BCUT2D eigenvalue weighted by molar-refractivity contribution is -0.141. The summed E-state index contributed by atoms with van der Waals surface area (Å²) in [6, 6.07) is 2.66. The van der Waals surface area contributed by atoms with Gasteiger partial charge in [-0.3, -0.25) is 0 Å². The molecule has 0 amide bonds. The minimum atomic E-state index is -4.49. The van der Waals surface area contributed by atoms with E-state index in [-0.39, 0.29) is 5.82 Å². The molecule has 0 radical (unpaired) electrons. The van der Waals surface area contributed by atoms with Gasteiger partial charge in [-0.15, -0.1) is 0 Å². The van der Waals surface area contributed by atoms with Crippen molar-refractivity contribution in [2.24, 2.45) is 0 Å². The lowest BCUT2D eigenvalue weighted by atomic mass is 9.97. The largest absolute Gasteiger partial charge is 0.433 e. The maximum absolute atomic E-state index is 13.1. The number of alkyl halides is 3. The molecule has 1 fully saturated rings. The summed E-state index contributed by atoms with van der Waals surface area (Å²) in [5.41, 5.74) is -1.38. The average Bonchev–Trinajstić information content (AvgIpc) is 2.90. The molecule has 5 nitrogen and oxygen atoms in total. The second-order valence-corrected chi connectivity index (χ2v) is 5.79. The van der Waals surface area contributed by atoms with E-state index < -0.39 is 17.4 Å². The fourth-order valence-electron chi connectivity index (χ4n) is 2.90. The maximum Gasteiger partial charge on any atom is 0.433 e. The first-order chi connectivity index (χ1) is 10.8. The molecule has 0 aliphatic carbocycles. The molecule has 0 N–H and O–H groups in total. The van der Waals surface area contributed by atoms with Crippen LogP contribution in [0.2, 0.25) is 0 Å². The second kappa shape index (κ2) is 5.43. The van der Waals surface area contributed by atoms with E-state index in [9.17, 15) is 13.2 Å². The highest BCUT2D eigenvalue weighted by atomic mass is 19.4. The smallest absolute Gasteiger partial charge is 0.328 e. The van der Waals surface area contributed by atoms with Gasteiger partial charge in [-0.05, 0) is 38.8 Å². The van der Waals surface area contributed by atoms with E-state index in [1.807, 2.05) is 11.8 Å². The van der Waals surface area contributed by atoms with Crippen LogP contribution in [-0.4, -0.2) is 26.5 Å². The summed E-state index contributed by atoms with van der Waals surface area (Å²) < 4.78 is 39.2. The summed E-state index contributed by atoms with van der Waals surface area (Å²) in [5, 5.41) is 0. The number of aromatic nitrogens is 4. The minimum absolute atomic E-state index is 0.162. The molecule has 0 saturated carbocycles. The summed E-state index contributed by atoms with van der Waals surface area (Å²) in [7, 11) is 0. The van der Waals surface area contributed by atoms with Gasteiger partial charge >= 0.3 is 6.18 Å². The first-order valence-corrected chi connectivity index (χ1v) is 7.29. The Labute approximate surface area is 131 Å². The summed E-state index contributed by atoms with van der Waals surface area (Å²) in [4.78, 5) is 18.4. The molecule has 122 valence electrons. The van der Waals surface area contributed by atoms with Crippen LogP contribution in [0.3, 0.4) is 0 Å². The van der Waals surface area contributed by atoms with E-state index in [0.717, 1.165) is 12.5 Å². The van der Waals surface area contributed by atoms with E-state index in [0.29, 0.717) is 24.6 Å². The summed E-state index contributed by atoms with van der Waals surface area (Å²) in [6.45, 7) is 4.03. The second-order valence-electron chi connectivity index (χ2n) is 5.79. The van der Waals surface area contributed by atoms with Gasteiger partial charge in [-0.2, -0.15) is 13.2 Å². The number of halogens is 3. The maximum atomic E-state index is 13.1. The van der Waals surface area contributed by atoms with Crippen LogP contribution < -0.4 is 4.90 Å². The average molecular weight is 323 g/mol. The lowest BCUT2D eigenvalue weighted by Gasteiger charge is -2.34. The van der Waals surface area contributed by atoms with Gasteiger partial charge in [0.1, 0.15) is 11.2 Å². The third-order valence-corrected chi connectivity index (χ3v) is 4.06. The number of hydrogen-bond acceptors (Lipinski definition) is 5. The van der Waals surface area contributed by atoms with Crippen molar-refractivity contribution in [3.05, 3.63) is 41.7 Å². The van der Waals surface area contributed by atoms with Gasteiger partial charge in [-0.1, -0.05) is 0 Å². The first kappa shape index (κ1) is 15.6. The van der Waals surface area contributed by atoms with Crippen LogP contribution >= 0.6 is 0 Å². The van der Waals surface area contributed by atoms with Crippen molar-refractivity contribution in [1.82, 2.24) is 19.9 Å². The van der Waals surface area contributed by atoms with Crippen LogP contribution in [0.1, 0.15) is 37.0 Å². The van der Waals surface area contributed by atoms with E-state index in [1.54, 1.807) is 25.4 Å². The Balaban J connectivity index is 2.07. The fourth-order valence-corrected chi connectivity index (χ4v) is 2.90. The molecule has 0 aromatic carbocycles. The van der Waals surface area contributed by atoms with Crippen LogP contribution in [0, 0.1) is 6.92 Å². The number of hydrogen-bond donors (Lipinski definition) is 0.